The van der Waals surface area contributed by atoms with Gasteiger partial charge in [0, 0.05) is 26.3 Å². The summed E-state index contributed by atoms with van der Waals surface area (Å²) < 4.78 is 5.24. The highest BCUT2D eigenvalue weighted by molar-refractivity contribution is 5.86. The Labute approximate surface area is 103 Å². The van der Waals surface area contributed by atoms with E-state index in [1.165, 1.54) is 0 Å². The number of hydrogen-bond acceptors (Lipinski definition) is 4. The molecule has 1 aliphatic rings. The molecule has 100 valence electrons. The molecule has 0 aliphatic carbocycles. The van der Waals surface area contributed by atoms with Crippen LogP contribution in [-0.4, -0.2) is 54.4 Å². The van der Waals surface area contributed by atoms with Crippen molar-refractivity contribution in [2.45, 2.75) is 38.1 Å². The van der Waals surface area contributed by atoms with E-state index in [9.17, 15) is 4.79 Å². The van der Waals surface area contributed by atoms with Crippen LogP contribution in [0.5, 0.6) is 0 Å². The summed E-state index contributed by atoms with van der Waals surface area (Å²) in [6, 6.07) is 0. The van der Waals surface area contributed by atoms with Gasteiger partial charge in [-0.25, -0.2) is 0 Å². The van der Waals surface area contributed by atoms with E-state index >= 15 is 0 Å². The van der Waals surface area contributed by atoms with Crippen LogP contribution in [-0.2, 0) is 9.53 Å². The lowest BCUT2D eigenvalue weighted by Crippen LogP contribution is -2.58. The Morgan fingerprint density at radius 1 is 1.41 bits per heavy atom. The summed E-state index contributed by atoms with van der Waals surface area (Å²) in [5.74, 6) is -0.0386. The third-order valence-electron chi connectivity index (χ3n) is 3.25. The summed E-state index contributed by atoms with van der Waals surface area (Å²) in [6.07, 6.45) is 3.11. The van der Waals surface area contributed by atoms with Crippen molar-refractivity contribution in [3.8, 4) is 0 Å². The smallest absolute Gasteiger partial charge is 0.242 e. The second-order valence-electron chi connectivity index (χ2n) is 4.64. The summed E-state index contributed by atoms with van der Waals surface area (Å²) in [7, 11) is 0. The first-order chi connectivity index (χ1) is 8.14. The molecule has 0 saturated carbocycles. The maximum Gasteiger partial charge on any atom is 0.242 e. The largest absolute Gasteiger partial charge is 0.395 e. The average Bonchev–Trinajstić information content (AvgIpc) is 2.34. The topological polar surface area (TPSA) is 75.8 Å². The molecule has 0 radical (unpaired) electrons. The summed E-state index contributed by atoms with van der Waals surface area (Å²) >= 11 is 0. The van der Waals surface area contributed by atoms with Crippen molar-refractivity contribution in [1.29, 1.82) is 0 Å². The summed E-state index contributed by atoms with van der Waals surface area (Å²) in [4.78, 5) is 14.0. The molecule has 1 amide bonds. The first-order valence-electron chi connectivity index (χ1n) is 6.41. The Balaban J connectivity index is 2.61. The van der Waals surface area contributed by atoms with Crippen molar-refractivity contribution < 1.29 is 14.6 Å². The fraction of sp³-hybridized carbons (Fsp3) is 0.917. The highest BCUT2D eigenvalue weighted by atomic mass is 16.5. The lowest BCUT2D eigenvalue weighted by molar-refractivity contribution is -0.141. The van der Waals surface area contributed by atoms with Crippen LogP contribution in [0.3, 0.4) is 0 Å². The highest BCUT2D eigenvalue weighted by Crippen LogP contribution is 2.20. The molecule has 1 aliphatic heterocycles. The van der Waals surface area contributed by atoms with E-state index in [2.05, 4.69) is 6.92 Å². The van der Waals surface area contributed by atoms with E-state index in [-0.39, 0.29) is 12.5 Å². The maximum atomic E-state index is 12.4. The molecule has 1 rings (SSSR count). The number of amides is 1. The van der Waals surface area contributed by atoms with Gasteiger partial charge in [0.05, 0.1) is 12.1 Å². The first-order valence-corrected chi connectivity index (χ1v) is 6.41. The van der Waals surface area contributed by atoms with Gasteiger partial charge in [0.1, 0.15) is 0 Å². The number of carbonyl (C=O) groups is 1. The fourth-order valence-corrected chi connectivity index (χ4v) is 2.05. The van der Waals surface area contributed by atoms with Crippen molar-refractivity contribution in [1.82, 2.24) is 4.90 Å². The van der Waals surface area contributed by atoms with Crippen molar-refractivity contribution in [2.75, 3.05) is 32.9 Å². The van der Waals surface area contributed by atoms with Crippen LogP contribution in [0.1, 0.15) is 32.6 Å². The van der Waals surface area contributed by atoms with Gasteiger partial charge in [-0.1, -0.05) is 13.3 Å². The SMILES string of the molecule is CCCCN(CCO)C(=O)C1(N)CCOCC1. The number of aliphatic hydroxyl groups excluding tert-OH is 1. The number of unbranched alkanes of at least 4 members (excludes halogenated alkanes) is 1. The third-order valence-corrected chi connectivity index (χ3v) is 3.25. The molecule has 5 heteroatoms. The van der Waals surface area contributed by atoms with E-state index in [4.69, 9.17) is 15.6 Å². The van der Waals surface area contributed by atoms with Crippen molar-refractivity contribution >= 4 is 5.91 Å². The first kappa shape index (κ1) is 14.4. The minimum Gasteiger partial charge on any atom is -0.395 e. The molecule has 0 atom stereocenters. The molecule has 3 N–H and O–H groups in total. The number of aliphatic hydroxyl groups is 1. The average molecular weight is 244 g/mol. The molecule has 1 heterocycles. The van der Waals surface area contributed by atoms with Gasteiger partial charge in [0.25, 0.3) is 0 Å². The number of nitrogens with two attached hydrogens (primary N) is 1. The van der Waals surface area contributed by atoms with Crippen LogP contribution in [0.15, 0.2) is 0 Å². The van der Waals surface area contributed by atoms with Crippen LogP contribution < -0.4 is 5.73 Å². The Hall–Kier alpha value is -0.650. The number of nitrogens with zero attached hydrogens (tertiary/aromatic N) is 1. The minimum absolute atomic E-state index is 0.0119. The normalized spacial score (nSPS) is 19.0. The van der Waals surface area contributed by atoms with Gasteiger partial charge >= 0.3 is 0 Å². The van der Waals surface area contributed by atoms with Crippen molar-refractivity contribution in [2.24, 2.45) is 5.73 Å². The molecule has 1 saturated heterocycles. The van der Waals surface area contributed by atoms with Gasteiger partial charge in [0.15, 0.2) is 0 Å². The molecule has 0 aromatic carbocycles. The quantitative estimate of drug-likeness (QED) is 0.695. The lowest BCUT2D eigenvalue weighted by atomic mass is 9.89. The van der Waals surface area contributed by atoms with Crippen molar-refractivity contribution in [3.05, 3.63) is 0 Å². The van der Waals surface area contributed by atoms with Gasteiger partial charge in [0.2, 0.25) is 5.91 Å². The molecule has 0 spiro atoms. The van der Waals surface area contributed by atoms with Crippen LogP contribution in [0.2, 0.25) is 0 Å². The van der Waals surface area contributed by atoms with E-state index in [1.54, 1.807) is 4.90 Å². The van der Waals surface area contributed by atoms with E-state index in [0.717, 1.165) is 12.8 Å². The zero-order valence-electron chi connectivity index (χ0n) is 10.7. The predicted molar refractivity (Wildman–Crippen MR) is 65.5 cm³/mol. The Morgan fingerprint density at radius 2 is 2.06 bits per heavy atom. The molecular weight excluding hydrogens is 220 g/mol. The maximum absolute atomic E-state index is 12.4. The standard InChI is InChI=1S/C12H24N2O3/c1-2-3-6-14(7-8-15)11(16)12(13)4-9-17-10-5-12/h15H,2-10,13H2,1H3. The molecule has 0 aromatic heterocycles. The Bertz CT molecular complexity index is 240. The molecule has 1 fully saturated rings. The van der Waals surface area contributed by atoms with Gasteiger partial charge in [-0.15, -0.1) is 0 Å². The van der Waals surface area contributed by atoms with E-state index in [1.807, 2.05) is 0 Å². The van der Waals surface area contributed by atoms with Gasteiger partial charge < -0.3 is 20.5 Å². The monoisotopic (exact) mass is 244 g/mol. The predicted octanol–water partition coefficient (Wildman–Crippen LogP) is 0.115. The van der Waals surface area contributed by atoms with Crippen LogP contribution in [0.4, 0.5) is 0 Å². The molecular formula is C12H24N2O3. The molecule has 17 heavy (non-hydrogen) atoms. The second-order valence-corrected chi connectivity index (χ2v) is 4.64. The third kappa shape index (κ3) is 3.94. The van der Waals surface area contributed by atoms with E-state index < -0.39 is 5.54 Å². The van der Waals surface area contributed by atoms with Gasteiger partial charge in [-0.2, -0.15) is 0 Å². The number of ether oxygens (including phenoxy) is 1. The minimum atomic E-state index is -0.791. The molecule has 0 bridgehead atoms. The van der Waals surface area contributed by atoms with Gasteiger partial charge in [-0.3, -0.25) is 4.79 Å². The summed E-state index contributed by atoms with van der Waals surface area (Å²) in [6.45, 7) is 4.20. The van der Waals surface area contributed by atoms with Crippen LogP contribution in [0.25, 0.3) is 0 Å². The molecule has 5 nitrogen and oxygen atoms in total. The second kappa shape index (κ2) is 6.93. The van der Waals surface area contributed by atoms with Crippen molar-refractivity contribution in [3.63, 3.8) is 0 Å². The van der Waals surface area contributed by atoms with E-state index in [0.29, 0.717) is 39.1 Å². The lowest BCUT2D eigenvalue weighted by Gasteiger charge is -2.36. The highest BCUT2D eigenvalue weighted by Gasteiger charge is 2.38. The summed E-state index contributed by atoms with van der Waals surface area (Å²) in [5.41, 5.74) is 5.36. The zero-order chi connectivity index (χ0) is 12.7. The number of rotatable bonds is 6. The van der Waals surface area contributed by atoms with Crippen LogP contribution in [0, 0.1) is 0 Å². The summed E-state index contributed by atoms with van der Waals surface area (Å²) in [5, 5.41) is 9.01. The zero-order valence-corrected chi connectivity index (χ0v) is 10.7. The Morgan fingerprint density at radius 3 is 2.59 bits per heavy atom. The van der Waals surface area contributed by atoms with Crippen LogP contribution >= 0.6 is 0 Å². The fourth-order valence-electron chi connectivity index (χ4n) is 2.05. The molecule has 0 unspecified atom stereocenters. The number of hydrogen-bond donors (Lipinski definition) is 2. The molecule has 0 aromatic rings. The van der Waals surface area contributed by atoms with Gasteiger partial charge in [-0.05, 0) is 19.3 Å². The number of carbonyl (C=O) groups excluding carboxylic acids is 1. The Kier molecular flexibility index (Phi) is 5.88.